The Morgan fingerprint density at radius 1 is 1.33 bits per heavy atom. The van der Waals surface area contributed by atoms with Gasteiger partial charge >= 0.3 is 0 Å². The zero-order valence-electron chi connectivity index (χ0n) is 12.1. The first-order valence-corrected chi connectivity index (χ1v) is 9.07. The molecule has 0 aliphatic carbocycles. The standard InChI is InChI=1S/C14H19ClN2O3S/c1-10(2)14-16-12-9-11(5-6-13(12)20-14)17-21(18,19)8-4-3-7-15/h5-6,9-10,17H,3-4,7-8H2,1-2H3. The van der Waals surface area contributed by atoms with E-state index in [-0.39, 0.29) is 11.7 Å². The smallest absolute Gasteiger partial charge is 0.232 e. The molecule has 0 amide bonds. The van der Waals surface area contributed by atoms with Gasteiger partial charge in [-0.25, -0.2) is 13.4 Å². The summed E-state index contributed by atoms with van der Waals surface area (Å²) in [6, 6.07) is 5.09. The van der Waals surface area contributed by atoms with E-state index in [4.69, 9.17) is 16.0 Å². The maximum atomic E-state index is 11.9. The summed E-state index contributed by atoms with van der Waals surface area (Å²) in [6.45, 7) is 3.98. The number of nitrogens with zero attached hydrogens (tertiary/aromatic N) is 1. The first kappa shape index (κ1) is 16.1. The molecule has 0 spiro atoms. The average molecular weight is 331 g/mol. The van der Waals surface area contributed by atoms with Crippen molar-refractivity contribution in [2.24, 2.45) is 0 Å². The molecule has 5 nitrogen and oxygen atoms in total. The molecule has 0 fully saturated rings. The Kier molecular flexibility index (Phi) is 5.11. The molecule has 21 heavy (non-hydrogen) atoms. The number of rotatable bonds is 7. The number of hydrogen-bond donors (Lipinski definition) is 1. The minimum absolute atomic E-state index is 0.0633. The van der Waals surface area contributed by atoms with E-state index in [0.717, 1.165) is 0 Å². The predicted octanol–water partition coefficient (Wildman–Crippen LogP) is 3.71. The minimum atomic E-state index is -3.35. The monoisotopic (exact) mass is 330 g/mol. The van der Waals surface area contributed by atoms with Crippen LogP contribution in [0.25, 0.3) is 11.1 Å². The second kappa shape index (κ2) is 6.66. The van der Waals surface area contributed by atoms with Crippen LogP contribution in [0.2, 0.25) is 0 Å². The van der Waals surface area contributed by atoms with Gasteiger partial charge < -0.3 is 4.42 Å². The predicted molar refractivity (Wildman–Crippen MR) is 85.5 cm³/mol. The highest BCUT2D eigenvalue weighted by molar-refractivity contribution is 7.92. The topological polar surface area (TPSA) is 72.2 Å². The van der Waals surface area contributed by atoms with Crippen LogP contribution in [-0.4, -0.2) is 25.0 Å². The molecular formula is C14H19ClN2O3S. The molecule has 0 unspecified atom stereocenters. The van der Waals surface area contributed by atoms with Crippen LogP contribution in [-0.2, 0) is 10.0 Å². The number of hydrogen-bond acceptors (Lipinski definition) is 4. The number of anilines is 1. The molecule has 1 aromatic carbocycles. The largest absolute Gasteiger partial charge is 0.440 e. The maximum Gasteiger partial charge on any atom is 0.232 e. The minimum Gasteiger partial charge on any atom is -0.440 e. The van der Waals surface area contributed by atoms with Crippen molar-refractivity contribution in [3.8, 4) is 0 Å². The summed E-state index contributed by atoms with van der Waals surface area (Å²) in [7, 11) is -3.35. The van der Waals surface area contributed by atoms with Gasteiger partial charge in [0.05, 0.1) is 11.4 Å². The van der Waals surface area contributed by atoms with E-state index >= 15 is 0 Å². The van der Waals surface area contributed by atoms with Crippen LogP contribution in [0.1, 0.15) is 38.5 Å². The fourth-order valence-electron chi connectivity index (χ4n) is 1.87. The summed E-state index contributed by atoms with van der Waals surface area (Å²) in [5, 5.41) is 0. The van der Waals surface area contributed by atoms with Crippen LogP contribution in [0.3, 0.4) is 0 Å². The molecule has 2 aromatic rings. The first-order chi connectivity index (χ1) is 9.91. The fourth-order valence-corrected chi connectivity index (χ4v) is 3.23. The number of oxazole rings is 1. The first-order valence-electron chi connectivity index (χ1n) is 6.88. The Hall–Kier alpha value is -1.27. The molecule has 116 valence electrons. The van der Waals surface area contributed by atoms with E-state index in [1.807, 2.05) is 13.8 Å². The molecule has 1 heterocycles. The lowest BCUT2D eigenvalue weighted by Crippen LogP contribution is -2.16. The molecule has 1 aromatic heterocycles. The lowest BCUT2D eigenvalue weighted by atomic mass is 10.2. The Morgan fingerprint density at radius 2 is 2.10 bits per heavy atom. The van der Waals surface area contributed by atoms with Gasteiger partial charge in [0.25, 0.3) is 0 Å². The van der Waals surface area contributed by atoms with E-state index in [1.54, 1.807) is 18.2 Å². The van der Waals surface area contributed by atoms with Crippen molar-refractivity contribution in [3.63, 3.8) is 0 Å². The normalized spacial score (nSPS) is 12.2. The number of benzene rings is 1. The molecule has 1 N–H and O–H groups in total. The third-order valence-corrected chi connectivity index (χ3v) is 4.61. The number of unbranched alkanes of at least 4 members (excludes halogenated alkanes) is 1. The van der Waals surface area contributed by atoms with Crippen LogP contribution in [0.4, 0.5) is 5.69 Å². The fraction of sp³-hybridized carbons (Fsp3) is 0.500. The summed E-state index contributed by atoms with van der Waals surface area (Å²) >= 11 is 5.55. The van der Waals surface area contributed by atoms with Gasteiger partial charge in [-0.3, -0.25) is 4.72 Å². The van der Waals surface area contributed by atoms with Crippen molar-refractivity contribution in [1.29, 1.82) is 0 Å². The van der Waals surface area contributed by atoms with Gasteiger partial charge in [-0.2, -0.15) is 0 Å². The van der Waals surface area contributed by atoms with Gasteiger partial charge in [-0.05, 0) is 31.0 Å². The molecular weight excluding hydrogens is 312 g/mol. The molecule has 0 aliphatic rings. The van der Waals surface area contributed by atoms with E-state index in [2.05, 4.69) is 9.71 Å². The molecule has 0 bridgehead atoms. The van der Waals surface area contributed by atoms with Crippen molar-refractivity contribution in [2.45, 2.75) is 32.6 Å². The molecule has 0 saturated heterocycles. The van der Waals surface area contributed by atoms with Crippen molar-refractivity contribution in [2.75, 3.05) is 16.4 Å². The van der Waals surface area contributed by atoms with E-state index in [0.29, 0.717) is 41.4 Å². The molecule has 0 radical (unpaired) electrons. The quantitative estimate of drug-likeness (QED) is 0.620. The zero-order valence-corrected chi connectivity index (χ0v) is 13.7. The molecule has 0 aliphatic heterocycles. The zero-order chi connectivity index (χ0) is 15.5. The SMILES string of the molecule is CC(C)c1nc2cc(NS(=O)(=O)CCCCCl)ccc2o1. The Balaban J connectivity index is 2.15. The second-order valence-corrected chi connectivity index (χ2v) is 7.43. The highest BCUT2D eigenvalue weighted by Crippen LogP contribution is 2.24. The summed E-state index contributed by atoms with van der Waals surface area (Å²) in [6.07, 6.45) is 1.23. The molecule has 7 heteroatoms. The number of sulfonamides is 1. The number of fused-ring (bicyclic) bond motifs is 1. The maximum absolute atomic E-state index is 11.9. The molecule has 0 saturated carbocycles. The average Bonchev–Trinajstić information content (AvgIpc) is 2.81. The van der Waals surface area contributed by atoms with Crippen LogP contribution in [0, 0.1) is 0 Å². The van der Waals surface area contributed by atoms with E-state index < -0.39 is 10.0 Å². The summed E-state index contributed by atoms with van der Waals surface area (Å²) in [5.41, 5.74) is 1.81. The third kappa shape index (κ3) is 4.35. The number of nitrogens with one attached hydrogen (secondary N) is 1. The van der Waals surface area contributed by atoms with Gasteiger partial charge in [-0.1, -0.05) is 13.8 Å². The van der Waals surface area contributed by atoms with Gasteiger partial charge in [0.1, 0.15) is 5.52 Å². The third-order valence-electron chi connectivity index (χ3n) is 2.97. The van der Waals surface area contributed by atoms with Crippen LogP contribution in [0.5, 0.6) is 0 Å². The van der Waals surface area contributed by atoms with Crippen molar-refractivity contribution in [3.05, 3.63) is 24.1 Å². The Bertz CT molecular complexity index is 710. The van der Waals surface area contributed by atoms with Crippen molar-refractivity contribution < 1.29 is 12.8 Å². The van der Waals surface area contributed by atoms with Gasteiger partial charge in [-0.15, -0.1) is 11.6 Å². The highest BCUT2D eigenvalue weighted by Gasteiger charge is 2.13. The number of alkyl halides is 1. The lowest BCUT2D eigenvalue weighted by Gasteiger charge is -2.07. The van der Waals surface area contributed by atoms with Crippen LogP contribution >= 0.6 is 11.6 Å². The van der Waals surface area contributed by atoms with Crippen LogP contribution in [0.15, 0.2) is 22.6 Å². The summed E-state index contributed by atoms with van der Waals surface area (Å²) < 4.78 is 32.0. The summed E-state index contributed by atoms with van der Waals surface area (Å²) in [4.78, 5) is 4.36. The highest BCUT2D eigenvalue weighted by atomic mass is 35.5. The lowest BCUT2D eigenvalue weighted by molar-refractivity contribution is 0.501. The van der Waals surface area contributed by atoms with Gasteiger partial charge in [0, 0.05) is 11.8 Å². The van der Waals surface area contributed by atoms with Gasteiger partial charge in [0.2, 0.25) is 10.0 Å². The molecule has 2 rings (SSSR count). The van der Waals surface area contributed by atoms with Gasteiger partial charge in [0.15, 0.2) is 11.5 Å². The van der Waals surface area contributed by atoms with Crippen molar-refractivity contribution in [1.82, 2.24) is 4.98 Å². The van der Waals surface area contributed by atoms with E-state index in [9.17, 15) is 8.42 Å². The van der Waals surface area contributed by atoms with E-state index in [1.165, 1.54) is 0 Å². The Morgan fingerprint density at radius 3 is 2.76 bits per heavy atom. The Labute approximate surface area is 129 Å². The van der Waals surface area contributed by atoms with Crippen LogP contribution < -0.4 is 4.72 Å². The molecule has 0 atom stereocenters. The number of halogens is 1. The van der Waals surface area contributed by atoms with Crippen molar-refractivity contribution >= 4 is 38.4 Å². The second-order valence-electron chi connectivity index (χ2n) is 5.21. The summed E-state index contributed by atoms with van der Waals surface area (Å²) in [5.74, 6) is 1.37. The number of aromatic nitrogens is 1.